The van der Waals surface area contributed by atoms with Gasteiger partial charge in [-0.25, -0.2) is 0 Å². The lowest BCUT2D eigenvalue weighted by molar-refractivity contribution is 0.617. The van der Waals surface area contributed by atoms with Gasteiger partial charge in [-0.2, -0.15) is 0 Å². The van der Waals surface area contributed by atoms with Gasteiger partial charge in [0.2, 0.25) is 0 Å². The number of fused-ring (bicyclic) bond motifs is 1. The van der Waals surface area contributed by atoms with Gasteiger partial charge in [0.15, 0.2) is 0 Å². The number of nitrogens with one attached hydrogen (secondary N) is 1. The minimum atomic E-state index is 0.612. The van der Waals surface area contributed by atoms with Crippen molar-refractivity contribution in [1.29, 1.82) is 5.41 Å². The molecule has 1 aromatic carbocycles. The molecule has 12 heavy (non-hydrogen) atoms. The molecule has 3 heteroatoms. The zero-order chi connectivity index (χ0) is 8.55. The summed E-state index contributed by atoms with van der Waals surface area (Å²) in [6, 6.07) is 5.51. The molecule has 2 nitrogen and oxygen atoms in total. The van der Waals surface area contributed by atoms with Crippen molar-refractivity contribution in [3.05, 3.63) is 30.0 Å². The van der Waals surface area contributed by atoms with Crippen molar-refractivity contribution in [3.63, 3.8) is 0 Å². The Bertz CT molecular complexity index is 433. The number of hydrogen-bond donors (Lipinski definition) is 1. The molecule has 2 radical (unpaired) electrons. The van der Waals surface area contributed by atoms with Crippen LogP contribution in [0.2, 0.25) is 0 Å². The Balaban J connectivity index is 2.88. The summed E-state index contributed by atoms with van der Waals surface area (Å²) in [7, 11) is 5.66. The zero-order valence-corrected chi connectivity index (χ0v) is 6.37. The number of para-hydroxylation sites is 1. The summed E-state index contributed by atoms with van der Waals surface area (Å²) < 4.78 is 5.19. The molecule has 0 saturated heterocycles. The molecule has 0 bridgehead atoms. The maximum atomic E-state index is 7.09. The molecule has 2 aromatic rings. The van der Waals surface area contributed by atoms with E-state index in [0.29, 0.717) is 11.0 Å². The second-order valence-corrected chi connectivity index (χ2v) is 2.56. The molecule has 2 rings (SSSR count). The first kappa shape index (κ1) is 7.16. The number of furan rings is 1. The van der Waals surface area contributed by atoms with Crippen molar-refractivity contribution in [2.75, 3.05) is 0 Å². The summed E-state index contributed by atoms with van der Waals surface area (Å²) in [6.45, 7) is 0. The van der Waals surface area contributed by atoms with E-state index in [-0.39, 0.29) is 0 Å². The highest BCUT2D eigenvalue weighted by Crippen LogP contribution is 2.16. The van der Waals surface area contributed by atoms with Gasteiger partial charge in [0.25, 0.3) is 0 Å². The molecular formula is C9H6BNO. The van der Waals surface area contributed by atoms with E-state index >= 15 is 0 Å². The van der Waals surface area contributed by atoms with E-state index in [1.54, 1.807) is 6.07 Å². The van der Waals surface area contributed by atoms with Gasteiger partial charge < -0.3 is 9.83 Å². The predicted molar refractivity (Wildman–Crippen MR) is 49.5 cm³/mol. The molecule has 1 heterocycles. The predicted octanol–water partition coefficient (Wildman–Crippen LogP) is 1.22. The summed E-state index contributed by atoms with van der Waals surface area (Å²) in [5.74, 6) is 0. The van der Waals surface area contributed by atoms with Gasteiger partial charge in [0.1, 0.15) is 19.7 Å². The number of rotatable bonds is 1. The lowest BCUT2D eigenvalue weighted by Crippen LogP contribution is -2.00. The summed E-state index contributed by atoms with van der Waals surface area (Å²) in [4.78, 5) is 0. The number of hydrogen-bond acceptors (Lipinski definition) is 2. The van der Waals surface area contributed by atoms with Crippen LogP contribution in [0.3, 0.4) is 0 Å². The van der Waals surface area contributed by atoms with Crippen LogP contribution in [0.5, 0.6) is 0 Å². The van der Waals surface area contributed by atoms with Crippen LogP contribution < -0.4 is 5.46 Å². The summed E-state index contributed by atoms with van der Waals surface area (Å²) in [5, 5.41) is 7.98. The van der Waals surface area contributed by atoms with Crippen molar-refractivity contribution >= 4 is 30.5 Å². The minimum Gasteiger partial charge on any atom is -0.464 e. The lowest BCUT2D eigenvalue weighted by atomic mass is 9.94. The third kappa shape index (κ3) is 0.864. The molecule has 0 amide bonds. The molecule has 0 unspecified atom stereocenters. The Labute approximate surface area is 71.1 Å². The Morgan fingerprint density at radius 2 is 2.25 bits per heavy atom. The smallest absolute Gasteiger partial charge is 0.127 e. The van der Waals surface area contributed by atoms with Crippen LogP contribution in [0.4, 0.5) is 0 Å². The summed E-state index contributed by atoms with van der Waals surface area (Å²) in [6.07, 6.45) is 2.79. The van der Waals surface area contributed by atoms with E-state index < -0.39 is 0 Å². The van der Waals surface area contributed by atoms with Gasteiger partial charge in [-0.15, -0.1) is 0 Å². The minimum absolute atomic E-state index is 0.612. The Morgan fingerprint density at radius 1 is 1.42 bits per heavy atom. The average Bonchev–Trinajstić information content (AvgIpc) is 2.49. The molecule has 0 saturated carbocycles. The van der Waals surface area contributed by atoms with Crippen molar-refractivity contribution in [3.8, 4) is 0 Å². The Morgan fingerprint density at radius 3 is 3.00 bits per heavy atom. The van der Waals surface area contributed by atoms with Crippen molar-refractivity contribution in [2.24, 2.45) is 0 Å². The lowest BCUT2D eigenvalue weighted by Gasteiger charge is -1.92. The van der Waals surface area contributed by atoms with E-state index in [2.05, 4.69) is 0 Å². The molecule has 0 spiro atoms. The topological polar surface area (TPSA) is 37.0 Å². The second-order valence-electron chi connectivity index (χ2n) is 2.56. The van der Waals surface area contributed by atoms with Crippen molar-refractivity contribution < 1.29 is 4.42 Å². The second kappa shape index (κ2) is 2.52. The fourth-order valence-electron chi connectivity index (χ4n) is 1.21. The first-order valence-electron chi connectivity index (χ1n) is 3.59. The van der Waals surface area contributed by atoms with E-state index in [9.17, 15) is 0 Å². The van der Waals surface area contributed by atoms with E-state index in [1.807, 2.05) is 12.1 Å². The van der Waals surface area contributed by atoms with Gasteiger partial charge in [-0.3, -0.25) is 0 Å². The largest absolute Gasteiger partial charge is 0.464 e. The van der Waals surface area contributed by atoms with E-state index in [4.69, 9.17) is 17.7 Å². The highest BCUT2D eigenvalue weighted by atomic mass is 16.3. The van der Waals surface area contributed by atoms with Crippen LogP contribution in [-0.2, 0) is 0 Å². The maximum Gasteiger partial charge on any atom is 0.127 e. The molecule has 0 fully saturated rings. The summed E-state index contributed by atoms with van der Waals surface area (Å²) >= 11 is 0. The standard InChI is InChI=1S/C9H6BNO/c10-8-3-1-2-7-6(4-11)5-12-9(7)8/h1-5,11H. The van der Waals surface area contributed by atoms with Gasteiger partial charge in [-0.05, 0) is 0 Å². The highest BCUT2D eigenvalue weighted by molar-refractivity contribution is 6.38. The fraction of sp³-hybridized carbons (Fsp3) is 0. The quantitative estimate of drug-likeness (QED) is 0.487. The average molecular weight is 155 g/mol. The van der Waals surface area contributed by atoms with Crippen LogP contribution in [0.25, 0.3) is 11.0 Å². The molecule has 0 aliphatic rings. The molecular weight excluding hydrogens is 149 g/mol. The SMILES string of the molecule is [B]c1cccc2c(C=N)coc12. The number of benzene rings is 1. The van der Waals surface area contributed by atoms with Crippen LogP contribution in [-0.4, -0.2) is 14.1 Å². The van der Waals surface area contributed by atoms with Crippen molar-refractivity contribution in [2.45, 2.75) is 0 Å². The molecule has 1 aromatic heterocycles. The molecule has 0 aliphatic carbocycles. The third-order valence-electron chi connectivity index (χ3n) is 1.82. The molecule has 1 N–H and O–H groups in total. The van der Waals surface area contributed by atoms with E-state index in [0.717, 1.165) is 10.9 Å². The fourth-order valence-corrected chi connectivity index (χ4v) is 1.21. The normalized spacial score (nSPS) is 10.3. The zero-order valence-electron chi connectivity index (χ0n) is 6.37. The Hall–Kier alpha value is -1.51. The highest BCUT2D eigenvalue weighted by Gasteiger charge is 2.03. The van der Waals surface area contributed by atoms with Gasteiger partial charge >= 0.3 is 0 Å². The molecule has 0 atom stereocenters. The Kier molecular flexibility index (Phi) is 1.50. The third-order valence-corrected chi connectivity index (χ3v) is 1.82. The van der Waals surface area contributed by atoms with Crippen LogP contribution in [0, 0.1) is 5.41 Å². The first-order chi connectivity index (χ1) is 5.83. The molecule has 0 aliphatic heterocycles. The van der Waals surface area contributed by atoms with E-state index in [1.165, 1.54) is 12.5 Å². The first-order valence-corrected chi connectivity index (χ1v) is 3.59. The van der Waals surface area contributed by atoms with Gasteiger partial charge in [0, 0.05) is 17.2 Å². The molecule has 56 valence electrons. The van der Waals surface area contributed by atoms with Crippen LogP contribution >= 0.6 is 0 Å². The van der Waals surface area contributed by atoms with Crippen LogP contribution in [0.15, 0.2) is 28.9 Å². The maximum absolute atomic E-state index is 7.09. The van der Waals surface area contributed by atoms with Gasteiger partial charge in [0.05, 0.1) is 0 Å². The monoisotopic (exact) mass is 155 g/mol. The summed E-state index contributed by atoms with van der Waals surface area (Å²) in [5.41, 5.74) is 2.04. The van der Waals surface area contributed by atoms with Crippen molar-refractivity contribution in [1.82, 2.24) is 0 Å². The van der Waals surface area contributed by atoms with Crippen LogP contribution in [0.1, 0.15) is 5.56 Å². The van der Waals surface area contributed by atoms with Gasteiger partial charge in [-0.1, -0.05) is 23.7 Å².